The van der Waals surface area contributed by atoms with Gasteiger partial charge >= 0.3 is 6.09 Å². The van der Waals surface area contributed by atoms with Crippen molar-refractivity contribution in [3.63, 3.8) is 0 Å². The maximum atomic E-state index is 11.5. The van der Waals surface area contributed by atoms with Gasteiger partial charge in [-0.3, -0.25) is 0 Å². The maximum absolute atomic E-state index is 11.5. The number of para-hydroxylation sites is 1. The first-order chi connectivity index (χ1) is 7.94. The number of hydrogen-bond acceptors (Lipinski definition) is 2. The van der Waals surface area contributed by atoms with E-state index in [-0.39, 0.29) is 0 Å². The Bertz CT molecular complexity index is 558. The lowest BCUT2D eigenvalue weighted by Gasteiger charge is -2.17. The van der Waals surface area contributed by atoms with E-state index < -0.39 is 11.7 Å². The highest BCUT2D eigenvalue weighted by Gasteiger charge is 2.16. The number of hydrogen-bond donors (Lipinski definition) is 0. The zero-order valence-corrected chi connectivity index (χ0v) is 10.1. The Labute approximate surface area is 99.4 Å². The number of fused-ring (bicyclic) bond motifs is 1. The van der Waals surface area contributed by atoms with E-state index in [9.17, 15) is 4.79 Å². The number of nitrogens with zero attached hydrogens (tertiary/aromatic N) is 2. The summed E-state index contributed by atoms with van der Waals surface area (Å²) < 4.78 is 5.09. The van der Waals surface area contributed by atoms with Gasteiger partial charge in [-0.15, -0.1) is 0 Å². The summed E-state index contributed by atoms with van der Waals surface area (Å²) in [5, 5.41) is 1.80. The van der Waals surface area contributed by atoms with Crippen molar-refractivity contribution in [3.8, 4) is 0 Å². The quantitative estimate of drug-likeness (QED) is 0.677. The van der Waals surface area contributed by atoms with Crippen LogP contribution < -0.4 is 10.6 Å². The Morgan fingerprint density at radius 2 is 2.00 bits per heavy atom. The first kappa shape index (κ1) is 11.5. The van der Waals surface area contributed by atoms with E-state index in [1.807, 2.05) is 24.3 Å². The van der Waals surface area contributed by atoms with Crippen LogP contribution in [0.2, 0.25) is 0 Å². The molecule has 0 fully saturated rings. The minimum Gasteiger partial charge on any atom is -0.442 e. The van der Waals surface area contributed by atoms with Crippen molar-refractivity contribution in [1.82, 2.24) is 0 Å². The molecule has 17 heavy (non-hydrogen) atoms. The van der Waals surface area contributed by atoms with Gasteiger partial charge in [-0.25, -0.2) is 9.79 Å². The van der Waals surface area contributed by atoms with Gasteiger partial charge in [0.25, 0.3) is 0 Å². The van der Waals surface area contributed by atoms with Gasteiger partial charge in [-0.1, -0.05) is 18.2 Å². The fraction of sp³-hybridized carbons (Fsp3) is 0.308. The number of benzene rings is 1. The van der Waals surface area contributed by atoms with E-state index >= 15 is 0 Å². The molecule has 4 nitrogen and oxygen atoms in total. The molecule has 0 unspecified atom stereocenters. The van der Waals surface area contributed by atoms with Crippen molar-refractivity contribution in [3.05, 3.63) is 34.8 Å². The molecule has 1 aliphatic heterocycles. The van der Waals surface area contributed by atoms with Gasteiger partial charge in [0.15, 0.2) is 5.84 Å². The van der Waals surface area contributed by atoms with E-state index in [0.29, 0.717) is 5.84 Å². The third-order valence-electron chi connectivity index (χ3n) is 2.06. The monoisotopic (exact) mass is 230 g/mol. The summed E-state index contributed by atoms with van der Waals surface area (Å²) >= 11 is 0. The van der Waals surface area contributed by atoms with E-state index in [2.05, 4.69) is 9.98 Å². The van der Waals surface area contributed by atoms with E-state index in [4.69, 9.17) is 4.74 Å². The van der Waals surface area contributed by atoms with Gasteiger partial charge in [0, 0.05) is 5.22 Å². The fourth-order valence-corrected chi connectivity index (χ4v) is 1.44. The van der Waals surface area contributed by atoms with Crippen LogP contribution in [-0.2, 0) is 4.74 Å². The molecule has 0 bridgehead atoms. The number of aliphatic imine (C=N–C) groups is 1. The number of carbonyl (C=O) groups excluding carboxylic acids is 1. The van der Waals surface area contributed by atoms with Gasteiger partial charge < -0.3 is 4.74 Å². The summed E-state index contributed by atoms with van der Waals surface area (Å²) in [6.07, 6.45) is 1.15. The van der Waals surface area contributed by atoms with Crippen molar-refractivity contribution in [2.24, 2.45) is 9.98 Å². The third-order valence-corrected chi connectivity index (χ3v) is 2.06. The maximum Gasteiger partial charge on any atom is 0.436 e. The molecule has 0 aliphatic carbocycles. The summed E-state index contributed by atoms with van der Waals surface area (Å²) in [4.78, 5) is 19.5. The highest BCUT2D eigenvalue weighted by molar-refractivity contribution is 6.13. The van der Waals surface area contributed by atoms with Crippen LogP contribution in [0.25, 0.3) is 6.08 Å². The molecular formula is C13H14N2O2. The largest absolute Gasteiger partial charge is 0.442 e. The molecule has 2 rings (SSSR count). The number of ether oxygens (including phenoxy) is 1. The Morgan fingerprint density at radius 3 is 2.65 bits per heavy atom. The summed E-state index contributed by atoms with van der Waals surface area (Å²) in [7, 11) is 0. The first-order valence-electron chi connectivity index (χ1n) is 5.41. The standard InChI is InChI=1S/C13H14N2O2/c1-13(2,3)17-12(16)15-11-8-9-6-4-5-7-10(9)14-11/h4-8H,1-3H3. The Morgan fingerprint density at radius 1 is 1.29 bits per heavy atom. The van der Waals surface area contributed by atoms with E-state index in [0.717, 1.165) is 10.6 Å². The van der Waals surface area contributed by atoms with Crippen molar-refractivity contribution in [2.45, 2.75) is 26.4 Å². The molecule has 0 atom stereocenters. The second-order valence-electron chi connectivity index (χ2n) is 4.77. The van der Waals surface area contributed by atoms with Gasteiger partial charge in [0.1, 0.15) is 5.60 Å². The molecule has 1 amide bonds. The third kappa shape index (κ3) is 3.00. The van der Waals surface area contributed by atoms with Crippen molar-refractivity contribution in [2.75, 3.05) is 0 Å². The highest BCUT2D eigenvalue weighted by Crippen LogP contribution is 2.08. The lowest BCUT2D eigenvalue weighted by Crippen LogP contribution is -2.22. The molecule has 0 N–H and O–H groups in total. The smallest absolute Gasteiger partial charge is 0.436 e. The molecule has 0 aromatic heterocycles. The number of amides is 1. The van der Waals surface area contributed by atoms with Crippen molar-refractivity contribution in [1.29, 1.82) is 0 Å². The molecule has 1 aromatic carbocycles. The zero-order chi connectivity index (χ0) is 12.5. The average molecular weight is 230 g/mol. The van der Waals surface area contributed by atoms with Crippen molar-refractivity contribution >= 4 is 18.0 Å². The predicted molar refractivity (Wildman–Crippen MR) is 65.4 cm³/mol. The molecule has 0 saturated heterocycles. The topological polar surface area (TPSA) is 51.0 Å². The first-order valence-corrected chi connectivity index (χ1v) is 5.41. The van der Waals surface area contributed by atoms with Crippen LogP contribution in [0.15, 0.2) is 34.3 Å². The number of carbonyl (C=O) groups is 1. The van der Waals surface area contributed by atoms with E-state index in [1.54, 1.807) is 26.8 Å². The van der Waals surface area contributed by atoms with Gasteiger partial charge in [0.2, 0.25) is 0 Å². The molecule has 1 heterocycles. The van der Waals surface area contributed by atoms with Gasteiger partial charge in [0.05, 0.1) is 5.36 Å². The second-order valence-corrected chi connectivity index (χ2v) is 4.77. The molecule has 0 spiro atoms. The van der Waals surface area contributed by atoms with Crippen LogP contribution in [0.4, 0.5) is 4.79 Å². The summed E-state index contributed by atoms with van der Waals surface area (Å²) in [5.74, 6) is 0.389. The summed E-state index contributed by atoms with van der Waals surface area (Å²) in [6.45, 7) is 5.40. The minimum absolute atomic E-state index is 0.389. The Kier molecular flexibility index (Phi) is 2.79. The highest BCUT2D eigenvalue weighted by atomic mass is 16.6. The SMILES string of the molecule is CC(C)(C)OC(=O)N=C1C=c2ccccc2=N1. The Hall–Kier alpha value is -1.97. The van der Waals surface area contributed by atoms with E-state index in [1.165, 1.54) is 0 Å². The molecule has 0 radical (unpaired) electrons. The van der Waals surface area contributed by atoms with Crippen LogP contribution in [0.1, 0.15) is 20.8 Å². The normalized spacial score (nSPS) is 16.1. The molecule has 1 aromatic rings. The van der Waals surface area contributed by atoms with Crippen LogP contribution in [0, 0.1) is 0 Å². The lowest BCUT2D eigenvalue weighted by molar-refractivity contribution is 0.0604. The number of amidine groups is 1. The van der Waals surface area contributed by atoms with Gasteiger partial charge in [-0.2, -0.15) is 4.99 Å². The van der Waals surface area contributed by atoms with Crippen LogP contribution in [0.3, 0.4) is 0 Å². The average Bonchev–Trinajstić information content (AvgIpc) is 2.55. The summed E-state index contributed by atoms with van der Waals surface area (Å²) in [5.41, 5.74) is -0.535. The summed E-state index contributed by atoms with van der Waals surface area (Å²) in [6, 6.07) is 7.62. The molecular weight excluding hydrogens is 216 g/mol. The Balaban J connectivity index is 2.22. The predicted octanol–water partition coefficient (Wildman–Crippen LogP) is 1.43. The van der Waals surface area contributed by atoms with Crippen LogP contribution in [0.5, 0.6) is 0 Å². The second kappa shape index (κ2) is 4.13. The molecule has 1 aliphatic rings. The fourth-order valence-electron chi connectivity index (χ4n) is 1.44. The lowest BCUT2D eigenvalue weighted by atomic mass is 10.2. The minimum atomic E-state index is -0.611. The van der Waals surface area contributed by atoms with Gasteiger partial charge in [-0.05, 0) is 32.9 Å². The molecule has 88 valence electrons. The zero-order valence-electron chi connectivity index (χ0n) is 10.1. The molecule has 4 heteroatoms. The molecule has 0 saturated carbocycles. The van der Waals surface area contributed by atoms with Crippen LogP contribution >= 0.6 is 0 Å². The van der Waals surface area contributed by atoms with Crippen LogP contribution in [-0.4, -0.2) is 17.5 Å². The number of rotatable bonds is 0. The van der Waals surface area contributed by atoms with Crippen molar-refractivity contribution < 1.29 is 9.53 Å².